The Kier molecular flexibility index (Phi) is 6.80. The number of likely N-dealkylation sites (N-methyl/N-ethyl adjacent to an activating group) is 1. The fourth-order valence-corrected chi connectivity index (χ4v) is 2.91. The van der Waals surface area contributed by atoms with E-state index in [9.17, 15) is 4.79 Å². The van der Waals surface area contributed by atoms with Crippen LogP contribution >= 0.6 is 0 Å². The van der Waals surface area contributed by atoms with Gasteiger partial charge in [0.15, 0.2) is 0 Å². The molecule has 0 spiro atoms. The van der Waals surface area contributed by atoms with E-state index in [2.05, 4.69) is 17.1 Å². The fourth-order valence-electron chi connectivity index (χ4n) is 2.91. The second kappa shape index (κ2) is 7.85. The van der Waals surface area contributed by atoms with Gasteiger partial charge in [-0.1, -0.05) is 6.92 Å². The molecule has 112 valence electrons. The van der Waals surface area contributed by atoms with E-state index in [1.165, 1.54) is 25.8 Å². The summed E-state index contributed by atoms with van der Waals surface area (Å²) in [6.45, 7) is 8.80. The van der Waals surface area contributed by atoms with Crippen molar-refractivity contribution in [3.05, 3.63) is 0 Å². The van der Waals surface area contributed by atoms with Crippen LogP contribution in [0.4, 0.5) is 0 Å². The Balaban J connectivity index is 2.38. The first-order valence-corrected chi connectivity index (χ1v) is 7.67. The van der Waals surface area contributed by atoms with Gasteiger partial charge in [0.05, 0.1) is 6.61 Å². The molecule has 19 heavy (non-hydrogen) atoms. The van der Waals surface area contributed by atoms with Gasteiger partial charge >= 0.3 is 5.97 Å². The van der Waals surface area contributed by atoms with Crippen LogP contribution in [0.25, 0.3) is 0 Å². The molecule has 2 unspecified atom stereocenters. The molecule has 0 saturated carbocycles. The summed E-state index contributed by atoms with van der Waals surface area (Å²) in [5, 5.41) is 3.12. The molecular formula is C15H30N2O2. The Morgan fingerprint density at radius 2 is 2.21 bits per heavy atom. The van der Waals surface area contributed by atoms with Gasteiger partial charge < -0.3 is 15.0 Å². The quantitative estimate of drug-likeness (QED) is 0.686. The monoisotopic (exact) mass is 270 g/mol. The van der Waals surface area contributed by atoms with E-state index in [4.69, 9.17) is 4.74 Å². The van der Waals surface area contributed by atoms with Gasteiger partial charge in [-0.2, -0.15) is 0 Å². The third-order valence-electron chi connectivity index (χ3n) is 4.37. The van der Waals surface area contributed by atoms with Crippen molar-refractivity contribution in [2.45, 2.75) is 64.5 Å². The molecule has 1 saturated heterocycles. The lowest BCUT2D eigenvalue weighted by Gasteiger charge is -2.29. The van der Waals surface area contributed by atoms with Gasteiger partial charge in [-0.15, -0.1) is 0 Å². The molecule has 0 aromatic rings. The van der Waals surface area contributed by atoms with E-state index in [0.29, 0.717) is 6.61 Å². The van der Waals surface area contributed by atoms with Crippen molar-refractivity contribution < 1.29 is 9.53 Å². The Morgan fingerprint density at radius 1 is 1.47 bits per heavy atom. The number of rotatable bonds is 8. The highest BCUT2D eigenvalue weighted by Gasteiger charge is 2.33. The Hall–Kier alpha value is -0.610. The van der Waals surface area contributed by atoms with Crippen LogP contribution in [-0.4, -0.2) is 49.2 Å². The van der Waals surface area contributed by atoms with Crippen molar-refractivity contribution in [3.8, 4) is 0 Å². The Morgan fingerprint density at radius 3 is 2.79 bits per heavy atom. The minimum absolute atomic E-state index is 0.133. The van der Waals surface area contributed by atoms with Gasteiger partial charge in [0, 0.05) is 6.04 Å². The number of likely N-dealkylation sites (tertiary alicyclic amines) is 1. The zero-order valence-electron chi connectivity index (χ0n) is 13.0. The molecule has 1 fully saturated rings. The summed E-state index contributed by atoms with van der Waals surface area (Å²) in [4.78, 5) is 14.5. The summed E-state index contributed by atoms with van der Waals surface area (Å²) in [6.07, 6.45) is 5.75. The van der Waals surface area contributed by atoms with Crippen LogP contribution in [0, 0.1) is 0 Å². The van der Waals surface area contributed by atoms with Crippen molar-refractivity contribution in [3.63, 3.8) is 0 Å². The molecule has 0 bridgehead atoms. The molecule has 4 heteroatoms. The first-order valence-electron chi connectivity index (χ1n) is 7.67. The average Bonchev–Trinajstić information content (AvgIpc) is 2.86. The zero-order chi connectivity index (χ0) is 14.3. The predicted octanol–water partition coefficient (Wildman–Crippen LogP) is 2.18. The number of carbonyl (C=O) groups is 1. The van der Waals surface area contributed by atoms with Crippen LogP contribution in [0.5, 0.6) is 0 Å². The van der Waals surface area contributed by atoms with E-state index < -0.39 is 5.54 Å². The summed E-state index contributed by atoms with van der Waals surface area (Å²) in [6, 6.07) is 0.753. The van der Waals surface area contributed by atoms with Crippen molar-refractivity contribution in [2.24, 2.45) is 0 Å². The number of hydrogen-bond acceptors (Lipinski definition) is 4. The largest absolute Gasteiger partial charge is 0.465 e. The molecule has 2 atom stereocenters. The molecular weight excluding hydrogens is 240 g/mol. The molecule has 4 nitrogen and oxygen atoms in total. The summed E-state index contributed by atoms with van der Waals surface area (Å²) < 4.78 is 5.15. The lowest BCUT2D eigenvalue weighted by molar-refractivity contribution is -0.150. The molecule has 0 radical (unpaired) electrons. The van der Waals surface area contributed by atoms with E-state index in [1.54, 1.807) is 0 Å². The van der Waals surface area contributed by atoms with Crippen molar-refractivity contribution in [1.82, 2.24) is 10.2 Å². The van der Waals surface area contributed by atoms with Gasteiger partial charge in [-0.25, -0.2) is 0 Å². The Bertz CT molecular complexity index is 283. The minimum Gasteiger partial charge on any atom is -0.465 e. The molecule has 1 rings (SSSR count). The SMILES string of the molecule is CCOC(=O)C(C)(CCCN1CCCC1CC)NC. The summed E-state index contributed by atoms with van der Waals surface area (Å²) in [5.41, 5.74) is -0.544. The summed E-state index contributed by atoms with van der Waals surface area (Å²) in [7, 11) is 1.83. The molecule has 0 aromatic heterocycles. The van der Waals surface area contributed by atoms with Gasteiger partial charge in [0.25, 0.3) is 0 Å². The highest BCUT2D eigenvalue weighted by molar-refractivity contribution is 5.80. The van der Waals surface area contributed by atoms with Crippen LogP contribution in [-0.2, 0) is 9.53 Å². The fraction of sp³-hybridized carbons (Fsp3) is 0.933. The number of nitrogens with zero attached hydrogens (tertiary/aromatic N) is 1. The van der Waals surface area contributed by atoms with Crippen LogP contribution in [0.2, 0.25) is 0 Å². The Labute approximate surface area is 117 Å². The topological polar surface area (TPSA) is 41.6 Å². The smallest absolute Gasteiger partial charge is 0.326 e. The van der Waals surface area contributed by atoms with Crippen molar-refractivity contribution >= 4 is 5.97 Å². The van der Waals surface area contributed by atoms with Gasteiger partial charge in [0.2, 0.25) is 0 Å². The first-order chi connectivity index (χ1) is 9.07. The number of esters is 1. The van der Waals surface area contributed by atoms with Crippen LogP contribution in [0.1, 0.15) is 52.9 Å². The van der Waals surface area contributed by atoms with Crippen molar-refractivity contribution in [2.75, 3.05) is 26.7 Å². The second-order valence-electron chi connectivity index (χ2n) is 5.65. The van der Waals surface area contributed by atoms with Crippen LogP contribution < -0.4 is 5.32 Å². The lowest BCUT2D eigenvalue weighted by Crippen LogP contribution is -2.49. The minimum atomic E-state index is -0.544. The standard InChI is InChI=1S/C15H30N2O2/c1-5-13-9-7-11-17(13)12-8-10-15(3,16-4)14(18)19-6-2/h13,16H,5-12H2,1-4H3. The molecule has 1 heterocycles. The first kappa shape index (κ1) is 16.4. The third-order valence-corrected chi connectivity index (χ3v) is 4.37. The molecule has 0 aliphatic carbocycles. The maximum absolute atomic E-state index is 11.9. The number of ether oxygens (including phenoxy) is 1. The van der Waals surface area contributed by atoms with E-state index >= 15 is 0 Å². The normalized spacial score (nSPS) is 23.3. The van der Waals surface area contributed by atoms with Crippen LogP contribution in [0.3, 0.4) is 0 Å². The highest BCUT2D eigenvalue weighted by Crippen LogP contribution is 2.21. The summed E-state index contributed by atoms with van der Waals surface area (Å²) >= 11 is 0. The van der Waals surface area contributed by atoms with E-state index in [-0.39, 0.29) is 5.97 Å². The van der Waals surface area contributed by atoms with E-state index in [1.807, 2.05) is 20.9 Å². The van der Waals surface area contributed by atoms with E-state index in [0.717, 1.165) is 25.4 Å². The number of hydrogen-bond donors (Lipinski definition) is 1. The molecule has 1 N–H and O–H groups in total. The van der Waals surface area contributed by atoms with Crippen molar-refractivity contribution in [1.29, 1.82) is 0 Å². The zero-order valence-corrected chi connectivity index (χ0v) is 13.0. The van der Waals surface area contributed by atoms with Gasteiger partial charge in [0.1, 0.15) is 5.54 Å². The molecule has 0 aromatic carbocycles. The predicted molar refractivity (Wildman–Crippen MR) is 78.2 cm³/mol. The van der Waals surface area contributed by atoms with Crippen LogP contribution in [0.15, 0.2) is 0 Å². The highest BCUT2D eigenvalue weighted by atomic mass is 16.5. The lowest BCUT2D eigenvalue weighted by atomic mass is 9.96. The maximum Gasteiger partial charge on any atom is 0.326 e. The average molecular weight is 270 g/mol. The number of carbonyl (C=O) groups excluding carboxylic acids is 1. The summed E-state index contributed by atoms with van der Waals surface area (Å²) in [5.74, 6) is -0.133. The van der Waals surface area contributed by atoms with Gasteiger partial charge in [-0.05, 0) is 66.1 Å². The molecule has 1 aliphatic rings. The van der Waals surface area contributed by atoms with Gasteiger partial charge in [-0.3, -0.25) is 4.79 Å². The molecule has 0 amide bonds. The maximum atomic E-state index is 11.9. The number of nitrogens with one attached hydrogen (secondary N) is 1. The second-order valence-corrected chi connectivity index (χ2v) is 5.65. The third kappa shape index (κ3) is 4.46. The molecule has 1 aliphatic heterocycles.